The summed E-state index contributed by atoms with van der Waals surface area (Å²) in [6.07, 6.45) is 2.83. The Hall–Kier alpha value is -1.59. The minimum absolute atomic E-state index is 0.0747. The van der Waals surface area contributed by atoms with E-state index < -0.39 is 17.8 Å². The number of carboxylic acids is 1. The summed E-state index contributed by atoms with van der Waals surface area (Å²) in [4.78, 5) is 35.7. The number of nitrogens with one attached hydrogen (secondary N) is 1. The molecule has 1 aliphatic rings. The molecule has 1 aliphatic carbocycles. The summed E-state index contributed by atoms with van der Waals surface area (Å²) in [6, 6.07) is 0. The van der Waals surface area contributed by atoms with Gasteiger partial charge in [0.1, 0.15) is 0 Å². The van der Waals surface area contributed by atoms with Crippen LogP contribution < -0.4 is 5.32 Å². The van der Waals surface area contributed by atoms with Crippen molar-refractivity contribution in [3.63, 3.8) is 0 Å². The molecule has 0 saturated heterocycles. The highest BCUT2D eigenvalue weighted by atomic mass is 16.4. The van der Waals surface area contributed by atoms with Crippen molar-refractivity contribution in [1.29, 1.82) is 0 Å². The molecular formula is C12H20N2O4. The molecule has 0 aromatic rings. The molecule has 0 radical (unpaired) electrons. The van der Waals surface area contributed by atoms with Crippen molar-refractivity contribution in [3.05, 3.63) is 0 Å². The highest BCUT2D eigenvalue weighted by Gasteiger charge is 2.35. The predicted octanol–water partition coefficient (Wildman–Crippen LogP) is 0.0818. The number of hydrogen-bond donors (Lipinski definition) is 2. The highest BCUT2D eigenvalue weighted by Crippen LogP contribution is 2.30. The monoisotopic (exact) mass is 256 g/mol. The van der Waals surface area contributed by atoms with Crippen LogP contribution in [0.4, 0.5) is 0 Å². The number of nitrogens with zero attached hydrogens (tertiary/aromatic N) is 1. The lowest BCUT2D eigenvalue weighted by atomic mass is 9.79. The smallest absolute Gasteiger partial charge is 0.307 e. The molecule has 0 aromatic heterocycles. The fourth-order valence-electron chi connectivity index (χ4n) is 2.19. The van der Waals surface area contributed by atoms with Gasteiger partial charge in [-0.1, -0.05) is 12.8 Å². The quantitative estimate of drug-likeness (QED) is 0.746. The Morgan fingerprint density at radius 2 is 1.72 bits per heavy atom. The zero-order valence-electron chi connectivity index (χ0n) is 10.8. The van der Waals surface area contributed by atoms with Crippen LogP contribution in [0.3, 0.4) is 0 Å². The number of rotatable bonds is 4. The fraction of sp³-hybridized carbons (Fsp3) is 0.750. The Morgan fingerprint density at radius 3 is 2.22 bits per heavy atom. The largest absolute Gasteiger partial charge is 0.481 e. The van der Waals surface area contributed by atoms with E-state index in [2.05, 4.69) is 5.32 Å². The number of carboxylic acid groups (broad SMARTS) is 1. The van der Waals surface area contributed by atoms with Crippen LogP contribution in [0, 0.1) is 11.8 Å². The molecule has 0 bridgehead atoms. The van der Waals surface area contributed by atoms with Gasteiger partial charge in [-0.3, -0.25) is 14.4 Å². The van der Waals surface area contributed by atoms with Gasteiger partial charge in [0, 0.05) is 14.1 Å². The molecule has 2 N–H and O–H groups in total. The van der Waals surface area contributed by atoms with E-state index >= 15 is 0 Å². The maximum absolute atomic E-state index is 11.9. The Bertz CT molecular complexity index is 341. The summed E-state index contributed by atoms with van der Waals surface area (Å²) < 4.78 is 0. The molecule has 1 fully saturated rings. The van der Waals surface area contributed by atoms with E-state index in [9.17, 15) is 14.4 Å². The maximum atomic E-state index is 11.9. The zero-order chi connectivity index (χ0) is 13.7. The molecule has 0 aromatic carbocycles. The summed E-state index contributed by atoms with van der Waals surface area (Å²) >= 11 is 0. The highest BCUT2D eigenvalue weighted by molar-refractivity contribution is 5.88. The van der Waals surface area contributed by atoms with Crippen molar-refractivity contribution < 1.29 is 19.5 Å². The van der Waals surface area contributed by atoms with E-state index in [1.54, 1.807) is 14.1 Å². The van der Waals surface area contributed by atoms with Crippen LogP contribution in [0.5, 0.6) is 0 Å². The van der Waals surface area contributed by atoms with Gasteiger partial charge < -0.3 is 15.3 Å². The van der Waals surface area contributed by atoms with E-state index in [4.69, 9.17) is 5.11 Å². The van der Waals surface area contributed by atoms with Crippen molar-refractivity contribution in [2.75, 3.05) is 20.6 Å². The molecule has 0 aliphatic heterocycles. The van der Waals surface area contributed by atoms with Crippen LogP contribution in [-0.4, -0.2) is 48.4 Å². The summed E-state index contributed by atoms with van der Waals surface area (Å²) in [5.41, 5.74) is 0. The second kappa shape index (κ2) is 6.37. The number of carbonyl (C=O) groups is 3. The third-order valence-electron chi connectivity index (χ3n) is 3.33. The average Bonchev–Trinajstić information content (AvgIpc) is 2.35. The minimum atomic E-state index is -0.922. The van der Waals surface area contributed by atoms with Crippen molar-refractivity contribution in [2.45, 2.75) is 25.7 Å². The molecule has 1 saturated carbocycles. The molecule has 0 heterocycles. The van der Waals surface area contributed by atoms with E-state index in [-0.39, 0.29) is 18.4 Å². The van der Waals surface area contributed by atoms with Gasteiger partial charge in [-0.2, -0.15) is 0 Å². The van der Waals surface area contributed by atoms with Crippen LogP contribution in [0.25, 0.3) is 0 Å². The van der Waals surface area contributed by atoms with Gasteiger partial charge in [0.05, 0.1) is 18.4 Å². The van der Waals surface area contributed by atoms with Gasteiger partial charge in [-0.25, -0.2) is 0 Å². The summed E-state index contributed by atoms with van der Waals surface area (Å²) in [6.45, 7) is -0.0747. The van der Waals surface area contributed by atoms with Crippen LogP contribution >= 0.6 is 0 Å². The zero-order valence-corrected chi connectivity index (χ0v) is 10.8. The average molecular weight is 256 g/mol. The molecule has 18 heavy (non-hydrogen) atoms. The number of amides is 2. The maximum Gasteiger partial charge on any atom is 0.307 e. The molecule has 2 atom stereocenters. The molecule has 1 rings (SSSR count). The van der Waals surface area contributed by atoms with Gasteiger partial charge in [-0.05, 0) is 12.8 Å². The van der Waals surface area contributed by atoms with Gasteiger partial charge in [0.15, 0.2) is 0 Å². The summed E-state index contributed by atoms with van der Waals surface area (Å²) in [7, 11) is 3.21. The van der Waals surface area contributed by atoms with Gasteiger partial charge >= 0.3 is 5.97 Å². The molecule has 6 heteroatoms. The predicted molar refractivity (Wildman–Crippen MR) is 64.8 cm³/mol. The Morgan fingerprint density at radius 1 is 1.17 bits per heavy atom. The SMILES string of the molecule is CN(C)C(=O)CNC(=O)C1CCCCC1C(=O)O. The number of likely N-dealkylation sites (N-methyl/N-ethyl adjacent to an activating group) is 1. The molecule has 6 nitrogen and oxygen atoms in total. The van der Waals surface area contributed by atoms with Crippen molar-refractivity contribution >= 4 is 17.8 Å². The van der Waals surface area contributed by atoms with Gasteiger partial charge in [0.2, 0.25) is 11.8 Å². The molecular weight excluding hydrogens is 236 g/mol. The Balaban J connectivity index is 2.53. The van der Waals surface area contributed by atoms with Crippen LogP contribution in [0.15, 0.2) is 0 Å². The third kappa shape index (κ3) is 3.72. The van der Waals surface area contributed by atoms with Gasteiger partial charge in [-0.15, -0.1) is 0 Å². The molecule has 2 unspecified atom stereocenters. The van der Waals surface area contributed by atoms with Crippen molar-refractivity contribution in [1.82, 2.24) is 10.2 Å². The first-order chi connectivity index (χ1) is 8.43. The molecule has 2 amide bonds. The standard InChI is InChI=1S/C12H20N2O4/c1-14(2)10(15)7-13-11(16)8-5-3-4-6-9(8)12(17)18/h8-9H,3-7H2,1-2H3,(H,13,16)(H,17,18). The second-order valence-electron chi connectivity index (χ2n) is 4.84. The lowest BCUT2D eigenvalue weighted by Gasteiger charge is -2.27. The van der Waals surface area contributed by atoms with E-state index in [1.165, 1.54) is 4.90 Å². The van der Waals surface area contributed by atoms with E-state index in [0.29, 0.717) is 12.8 Å². The number of carbonyl (C=O) groups excluding carboxylic acids is 2. The van der Waals surface area contributed by atoms with Crippen molar-refractivity contribution in [2.24, 2.45) is 11.8 Å². The van der Waals surface area contributed by atoms with E-state index in [0.717, 1.165) is 12.8 Å². The lowest BCUT2D eigenvalue weighted by Crippen LogP contribution is -2.43. The second-order valence-corrected chi connectivity index (χ2v) is 4.84. The Labute approximate surface area is 106 Å². The number of hydrogen-bond acceptors (Lipinski definition) is 3. The van der Waals surface area contributed by atoms with Crippen molar-refractivity contribution in [3.8, 4) is 0 Å². The summed E-state index contributed by atoms with van der Waals surface area (Å²) in [5, 5.41) is 11.6. The van der Waals surface area contributed by atoms with Crippen LogP contribution in [0.2, 0.25) is 0 Å². The van der Waals surface area contributed by atoms with E-state index in [1.807, 2.05) is 0 Å². The topological polar surface area (TPSA) is 86.7 Å². The summed E-state index contributed by atoms with van der Waals surface area (Å²) in [5.74, 6) is -2.57. The number of aliphatic carboxylic acids is 1. The van der Waals surface area contributed by atoms with Gasteiger partial charge in [0.25, 0.3) is 0 Å². The lowest BCUT2D eigenvalue weighted by molar-refractivity contribution is -0.149. The first kappa shape index (κ1) is 14.5. The first-order valence-electron chi connectivity index (χ1n) is 6.14. The normalized spacial score (nSPS) is 23.2. The third-order valence-corrected chi connectivity index (χ3v) is 3.33. The molecule has 0 spiro atoms. The first-order valence-corrected chi connectivity index (χ1v) is 6.14. The fourth-order valence-corrected chi connectivity index (χ4v) is 2.19. The Kier molecular flexibility index (Phi) is 5.12. The van der Waals surface area contributed by atoms with Crippen LogP contribution in [-0.2, 0) is 14.4 Å². The molecule has 102 valence electrons. The minimum Gasteiger partial charge on any atom is -0.481 e. The van der Waals surface area contributed by atoms with Crippen LogP contribution in [0.1, 0.15) is 25.7 Å².